The first-order valence-corrected chi connectivity index (χ1v) is 12.3. The molecule has 0 fully saturated rings. The number of aliphatic hydroxyl groups is 1. The maximum atomic E-state index is 12.0. The molecular weight excluding hydrogens is 516 g/mol. The summed E-state index contributed by atoms with van der Waals surface area (Å²) in [5, 5.41) is 26.7. The van der Waals surface area contributed by atoms with Gasteiger partial charge in [0.25, 0.3) is 5.69 Å². The summed E-state index contributed by atoms with van der Waals surface area (Å²) in [6, 6.07) is 14.9. The van der Waals surface area contributed by atoms with Gasteiger partial charge in [0, 0.05) is 32.3 Å². The van der Waals surface area contributed by atoms with E-state index in [4.69, 9.17) is 9.92 Å². The highest BCUT2D eigenvalue weighted by Gasteiger charge is 2.26. The van der Waals surface area contributed by atoms with E-state index in [1.165, 1.54) is 31.3 Å². The average molecular weight is 557 g/mol. The minimum Gasteiger partial charge on any atom is -0.409 e. The molecule has 0 aliphatic rings. The zero-order valence-corrected chi connectivity index (χ0v) is 23.6. The molecule has 208 valence electrons. The van der Waals surface area contributed by atoms with Gasteiger partial charge in [0.15, 0.2) is 12.2 Å². The van der Waals surface area contributed by atoms with Gasteiger partial charge in [-0.2, -0.15) is 17.9 Å². The van der Waals surface area contributed by atoms with Gasteiger partial charge in [-0.25, -0.2) is 5.01 Å². The van der Waals surface area contributed by atoms with Gasteiger partial charge >= 0.3 is 0 Å². The Morgan fingerprint density at radius 1 is 1.14 bits per heavy atom. The number of nitrogens with two attached hydrogens (primary N) is 2. The van der Waals surface area contributed by atoms with Crippen LogP contribution in [0.5, 0.6) is 5.75 Å². The molecule has 0 aliphatic heterocycles. The summed E-state index contributed by atoms with van der Waals surface area (Å²) in [6.45, 7) is 4.84. The van der Waals surface area contributed by atoms with E-state index in [2.05, 4.69) is 24.9 Å². The van der Waals surface area contributed by atoms with Crippen LogP contribution in [0.25, 0.3) is 0 Å². The normalized spacial score (nSPS) is 12.3. The minimum absolute atomic E-state index is 0. The second kappa shape index (κ2) is 18.8. The number of non-ortho nitro benzene ring substituents is 1. The molecule has 37 heavy (non-hydrogen) atoms. The molecule has 0 heterocycles. The Labute approximate surface area is 230 Å². The second-order valence-corrected chi connectivity index (χ2v) is 9.12. The van der Waals surface area contributed by atoms with Gasteiger partial charge in [0.2, 0.25) is 5.91 Å². The molecule has 0 bridgehead atoms. The number of carbonyl (C=O) groups is 1. The van der Waals surface area contributed by atoms with Crippen molar-refractivity contribution in [2.75, 3.05) is 33.7 Å². The molecule has 0 spiro atoms. The first-order chi connectivity index (χ1) is 17.2. The van der Waals surface area contributed by atoms with Crippen LogP contribution >= 0.6 is 25.7 Å². The third-order valence-electron chi connectivity index (χ3n) is 4.96. The first kappa shape index (κ1) is 34.6. The van der Waals surface area contributed by atoms with Crippen molar-refractivity contribution in [2.24, 2.45) is 17.4 Å². The Kier molecular flexibility index (Phi) is 17.6. The molecule has 13 heteroatoms. The molecule has 6 N–H and O–H groups in total. The Morgan fingerprint density at radius 2 is 1.73 bits per heavy atom. The zero-order chi connectivity index (χ0) is 27.1. The van der Waals surface area contributed by atoms with Crippen LogP contribution in [-0.4, -0.2) is 71.2 Å². The number of amides is 1. The van der Waals surface area contributed by atoms with Crippen LogP contribution < -0.4 is 21.0 Å². The van der Waals surface area contributed by atoms with Crippen LogP contribution in [-0.2, 0) is 11.2 Å². The van der Waals surface area contributed by atoms with E-state index >= 15 is 0 Å². The number of rotatable bonds is 14. The van der Waals surface area contributed by atoms with Crippen molar-refractivity contribution in [1.82, 2.24) is 14.7 Å². The second-order valence-electron chi connectivity index (χ2n) is 8.27. The lowest BCUT2D eigenvalue weighted by molar-refractivity contribution is -0.384. The number of hydrazine groups is 1. The van der Waals surface area contributed by atoms with Crippen molar-refractivity contribution in [3.8, 4) is 5.75 Å². The van der Waals surface area contributed by atoms with Crippen LogP contribution in [0, 0.1) is 16.0 Å². The quantitative estimate of drug-likeness (QED) is 0.117. The number of nitrogens with one attached hydrogen (secondary N) is 1. The fraction of sp³-hybridized carbons (Fsp3) is 0.458. The molecule has 2 aromatic carbocycles. The molecule has 1 amide bonds. The summed E-state index contributed by atoms with van der Waals surface area (Å²) in [5.74, 6) is 0.421. The van der Waals surface area contributed by atoms with E-state index in [9.17, 15) is 20.0 Å². The van der Waals surface area contributed by atoms with Crippen LogP contribution in [0.3, 0.4) is 0 Å². The average Bonchev–Trinajstić information content (AvgIpc) is 2.88. The van der Waals surface area contributed by atoms with Crippen molar-refractivity contribution >= 4 is 37.3 Å². The number of nitro groups is 1. The Balaban J connectivity index is 0.00000421. The maximum Gasteiger partial charge on any atom is 0.269 e. The summed E-state index contributed by atoms with van der Waals surface area (Å²) in [6.07, 6.45) is -0.420. The van der Waals surface area contributed by atoms with E-state index in [-0.39, 0.29) is 38.2 Å². The lowest BCUT2D eigenvalue weighted by Gasteiger charge is -2.35. The van der Waals surface area contributed by atoms with Gasteiger partial charge in [0.1, 0.15) is 5.75 Å². The number of nitro benzene ring substituents is 1. The molecule has 2 aromatic rings. The summed E-state index contributed by atoms with van der Waals surface area (Å²) < 4.78 is 7.45. The fourth-order valence-electron chi connectivity index (χ4n) is 3.25. The lowest BCUT2D eigenvalue weighted by Crippen LogP contribution is -2.53. The highest BCUT2D eigenvalue weighted by molar-refractivity contribution is 7.92. The van der Waals surface area contributed by atoms with Crippen LogP contribution in [0.2, 0.25) is 0 Å². The van der Waals surface area contributed by atoms with Crippen molar-refractivity contribution in [3.05, 3.63) is 70.3 Å². The van der Waals surface area contributed by atoms with E-state index in [0.29, 0.717) is 24.6 Å². The van der Waals surface area contributed by atoms with E-state index < -0.39 is 17.1 Å². The zero-order valence-electron chi connectivity index (χ0n) is 21.7. The van der Waals surface area contributed by atoms with Gasteiger partial charge in [0.05, 0.1) is 23.6 Å². The molecule has 11 nitrogen and oxygen atoms in total. The highest BCUT2D eigenvalue weighted by Crippen LogP contribution is 2.23. The molecule has 2 unspecified atom stereocenters. The first-order valence-electron chi connectivity index (χ1n) is 11.6. The van der Waals surface area contributed by atoms with E-state index in [1.807, 2.05) is 35.3 Å². The summed E-state index contributed by atoms with van der Waals surface area (Å²) in [4.78, 5) is 22.4. The van der Waals surface area contributed by atoms with Crippen molar-refractivity contribution in [3.63, 3.8) is 0 Å². The molecule has 0 aromatic heterocycles. The smallest absolute Gasteiger partial charge is 0.269 e. The molecule has 0 saturated carbocycles. The number of benzene rings is 2. The van der Waals surface area contributed by atoms with Crippen LogP contribution in [0.15, 0.2) is 54.6 Å². The SMILES string of the molecule is CC(C)CN(CC(O)C(Cc1ccccc1)NC(=O)CN)N(C)SOc1ccc([N+](=O)[O-])cc1.CN.S. The van der Waals surface area contributed by atoms with Gasteiger partial charge in [-0.05, 0) is 37.1 Å². The van der Waals surface area contributed by atoms with Crippen molar-refractivity contribution in [1.29, 1.82) is 0 Å². The molecule has 0 saturated heterocycles. The molecule has 0 radical (unpaired) electrons. The third-order valence-corrected chi connectivity index (χ3v) is 5.67. The Morgan fingerprint density at radius 3 is 2.24 bits per heavy atom. The summed E-state index contributed by atoms with van der Waals surface area (Å²) in [7, 11) is 3.30. The minimum atomic E-state index is -0.878. The fourth-order valence-corrected chi connectivity index (χ4v) is 3.79. The summed E-state index contributed by atoms with van der Waals surface area (Å²) >= 11 is 1.04. The lowest BCUT2D eigenvalue weighted by atomic mass is 10.0. The van der Waals surface area contributed by atoms with Gasteiger partial charge in [-0.1, -0.05) is 44.2 Å². The monoisotopic (exact) mass is 556 g/mol. The number of aliphatic hydroxyl groups excluding tert-OH is 1. The standard InChI is InChI=1S/C23H33N5O5S.CH5N.H2S/c1-17(2)15-27(26(3)34-33-20-11-9-19(10-12-20)28(31)32)16-22(29)21(25-23(30)14-24)13-18-7-5-4-6-8-18;1-2;/h4-12,17,21-22,29H,13-16,24H2,1-3H3,(H,25,30);2H2,1H3;1H2. The van der Waals surface area contributed by atoms with Gasteiger partial charge in [-0.3, -0.25) is 14.9 Å². The van der Waals surface area contributed by atoms with Crippen molar-refractivity contribution in [2.45, 2.75) is 32.4 Å². The number of nitrogens with zero attached hydrogens (tertiary/aromatic N) is 3. The predicted molar refractivity (Wildman–Crippen MR) is 153 cm³/mol. The maximum absolute atomic E-state index is 12.0. The van der Waals surface area contributed by atoms with Crippen LogP contribution in [0.4, 0.5) is 5.69 Å². The molecule has 2 rings (SSSR count). The number of hydrogen-bond acceptors (Lipinski definition) is 10. The predicted octanol–water partition coefficient (Wildman–Crippen LogP) is 2.08. The van der Waals surface area contributed by atoms with E-state index in [0.717, 1.165) is 17.8 Å². The number of hydrogen-bond donors (Lipinski definition) is 4. The molecular formula is C24H40N6O5S2. The van der Waals surface area contributed by atoms with Crippen molar-refractivity contribution < 1.29 is 19.0 Å². The van der Waals surface area contributed by atoms with Crippen LogP contribution in [0.1, 0.15) is 19.4 Å². The molecule has 2 atom stereocenters. The third kappa shape index (κ3) is 13.1. The summed E-state index contributed by atoms with van der Waals surface area (Å²) in [5.41, 5.74) is 11.0. The Bertz CT molecular complexity index is 908. The van der Waals surface area contributed by atoms with E-state index in [1.54, 1.807) is 11.5 Å². The molecule has 0 aliphatic carbocycles. The van der Waals surface area contributed by atoms with Gasteiger partial charge in [-0.15, -0.1) is 0 Å². The highest BCUT2D eigenvalue weighted by atomic mass is 32.2. The van der Waals surface area contributed by atoms with Gasteiger partial charge < -0.3 is 26.1 Å². The Hall–Kier alpha value is -2.39. The largest absolute Gasteiger partial charge is 0.409 e. The topological polar surface area (TPSA) is 160 Å². The number of carbonyl (C=O) groups excluding carboxylic acids is 1.